The van der Waals surface area contributed by atoms with Crippen LogP contribution in [0.1, 0.15) is 33.6 Å². The Balaban J connectivity index is 2.08. The fourth-order valence-corrected chi connectivity index (χ4v) is 6.43. The Morgan fingerprint density at radius 2 is 1.81 bits per heavy atom. The number of fused-ring (bicyclic) bond motifs is 1. The van der Waals surface area contributed by atoms with E-state index in [1.807, 2.05) is 32.0 Å². The highest BCUT2D eigenvalue weighted by Crippen LogP contribution is 2.41. The molecule has 0 N–H and O–H groups in total. The Morgan fingerprint density at radius 3 is 2.48 bits per heavy atom. The zero-order valence-corrected chi connectivity index (χ0v) is 18.1. The number of carbonyl (C=O) groups excluding carboxylic acids is 1. The monoisotopic (exact) mass is 408 g/mol. The number of hydrogen-bond acceptors (Lipinski definition) is 5. The lowest BCUT2D eigenvalue weighted by Crippen LogP contribution is -2.30. The van der Waals surface area contributed by atoms with Crippen molar-refractivity contribution in [2.45, 2.75) is 44.4 Å². The molecular formula is C21H29O4PS. The van der Waals surface area contributed by atoms with Crippen LogP contribution < -0.4 is 0 Å². The van der Waals surface area contributed by atoms with E-state index in [2.05, 4.69) is 24.3 Å². The Labute approximate surface area is 166 Å². The van der Waals surface area contributed by atoms with Gasteiger partial charge in [0.15, 0.2) is 0 Å². The molecule has 27 heavy (non-hydrogen) atoms. The molecule has 2 rings (SSSR count). The molecule has 148 valence electrons. The topological polar surface area (TPSA) is 52.6 Å². The van der Waals surface area contributed by atoms with Crippen LogP contribution in [0.5, 0.6) is 0 Å². The average molecular weight is 409 g/mol. The summed E-state index contributed by atoms with van der Waals surface area (Å²) in [5, 5.41) is 2.35. The zero-order valence-electron chi connectivity index (χ0n) is 16.3. The van der Waals surface area contributed by atoms with Crippen LogP contribution in [0.25, 0.3) is 10.8 Å². The number of hydrogen-bond donors (Lipinski definition) is 0. The first-order valence-corrected chi connectivity index (χ1v) is 12.2. The minimum atomic E-state index is -2.13. The van der Waals surface area contributed by atoms with Gasteiger partial charge in [0.25, 0.3) is 0 Å². The summed E-state index contributed by atoms with van der Waals surface area (Å²) in [7, 11) is -2.13. The van der Waals surface area contributed by atoms with E-state index in [1.54, 1.807) is 18.7 Å². The lowest BCUT2D eigenvalue weighted by molar-refractivity contribution is -0.151. The summed E-state index contributed by atoms with van der Waals surface area (Å²) >= 11 is 1.56. The van der Waals surface area contributed by atoms with Gasteiger partial charge in [0, 0.05) is 11.5 Å². The molecule has 0 aliphatic rings. The fourth-order valence-electron chi connectivity index (χ4n) is 3.06. The van der Waals surface area contributed by atoms with Gasteiger partial charge in [-0.15, -0.1) is 11.8 Å². The number of ether oxygens (including phenoxy) is 2. The normalized spacial score (nSPS) is 14.6. The molecule has 0 radical (unpaired) electrons. The Bertz CT molecular complexity index is 765. The maximum Gasteiger partial charge on any atom is 0.312 e. The predicted molar refractivity (Wildman–Crippen MR) is 114 cm³/mol. The van der Waals surface area contributed by atoms with Crippen molar-refractivity contribution < 1.29 is 18.8 Å². The fraction of sp³-hybridized carbons (Fsp3) is 0.476. The maximum atomic E-state index is 13.0. The van der Waals surface area contributed by atoms with Crippen molar-refractivity contribution in [2.75, 3.05) is 18.7 Å². The molecule has 0 aliphatic heterocycles. The second-order valence-electron chi connectivity index (χ2n) is 6.29. The zero-order chi connectivity index (χ0) is 19.6. The quantitative estimate of drug-likeness (QED) is 0.268. The van der Waals surface area contributed by atoms with Gasteiger partial charge in [0.2, 0.25) is 0 Å². The van der Waals surface area contributed by atoms with Gasteiger partial charge in [-0.3, -0.25) is 4.79 Å². The predicted octanol–water partition coefficient (Wildman–Crippen LogP) is 5.79. The van der Waals surface area contributed by atoms with E-state index >= 15 is 0 Å². The van der Waals surface area contributed by atoms with Crippen molar-refractivity contribution in [2.24, 2.45) is 5.92 Å². The van der Waals surface area contributed by atoms with Crippen LogP contribution in [-0.2, 0) is 18.8 Å². The first kappa shape index (κ1) is 22.0. The average Bonchev–Trinajstić information content (AvgIpc) is 2.68. The van der Waals surface area contributed by atoms with E-state index in [0.29, 0.717) is 25.1 Å². The third-order valence-corrected chi connectivity index (χ3v) is 7.83. The van der Waals surface area contributed by atoms with Crippen LogP contribution in [0.15, 0.2) is 47.4 Å². The second-order valence-corrected chi connectivity index (χ2v) is 9.70. The Morgan fingerprint density at radius 1 is 1.07 bits per heavy atom. The number of rotatable bonds is 11. The lowest BCUT2D eigenvalue weighted by Gasteiger charge is -2.25. The van der Waals surface area contributed by atoms with Gasteiger partial charge in [0.05, 0.1) is 18.0 Å². The second kappa shape index (κ2) is 11.5. The minimum absolute atomic E-state index is 0.299. The molecule has 0 amide bonds. The molecule has 2 aromatic carbocycles. The third kappa shape index (κ3) is 6.38. The highest BCUT2D eigenvalue weighted by Gasteiger charge is 2.33. The number of esters is 1. The molecule has 3 atom stereocenters. The SMILES string of the molecule is CCCC(C(=O)OCC)C(OCC)[PH](=O)CSc1ccc2ccccc2c1. The molecule has 4 nitrogen and oxygen atoms in total. The molecular weight excluding hydrogens is 379 g/mol. The third-order valence-electron chi connectivity index (χ3n) is 4.32. The van der Waals surface area contributed by atoms with Crippen LogP contribution in [-0.4, -0.2) is 30.5 Å². The standard InChI is InChI=1S/C21H29O4PS/c1-4-9-19(20(22)24-5-2)21(25-6-3)26(23)15-27-18-13-12-16-10-7-8-11-17(16)14-18/h7-8,10-14,19,21,26H,4-6,9,15H2,1-3H3. The molecule has 3 unspecified atom stereocenters. The van der Waals surface area contributed by atoms with Crippen molar-refractivity contribution >= 4 is 36.3 Å². The summed E-state index contributed by atoms with van der Waals surface area (Å²) in [6.45, 7) is 6.42. The van der Waals surface area contributed by atoms with Crippen LogP contribution >= 0.6 is 19.6 Å². The smallest absolute Gasteiger partial charge is 0.312 e. The largest absolute Gasteiger partial charge is 0.466 e. The van der Waals surface area contributed by atoms with Crippen LogP contribution in [0, 0.1) is 5.92 Å². The summed E-state index contributed by atoms with van der Waals surface area (Å²) in [5.74, 6) is -1.32. The molecule has 6 heteroatoms. The number of benzene rings is 2. The van der Waals surface area contributed by atoms with Crippen molar-refractivity contribution in [3.8, 4) is 0 Å². The Hall–Kier alpha value is -1.29. The van der Waals surface area contributed by atoms with Crippen molar-refractivity contribution in [3.05, 3.63) is 42.5 Å². The van der Waals surface area contributed by atoms with Gasteiger partial charge in [-0.25, -0.2) is 0 Å². The molecule has 2 aromatic rings. The Kier molecular flexibility index (Phi) is 9.40. The highest BCUT2D eigenvalue weighted by atomic mass is 32.2. The van der Waals surface area contributed by atoms with Gasteiger partial charge < -0.3 is 14.0 Å². The maximum absolute atomic E-state index is 13.0. The molecule has 0 aromatic heterocycles. The lowest BCUT2D eigenvalue weighted by atomic mass is 10.1. The van der Waals surface area contributed by atoms with Gasteiger partial charge in [-0.2, -0.15) is 0 Å². The van der Waals surface area contributed by atoms with Crippen LogP contribution in [0.3, 0.4) is 0 Å². The minimum Gasteiger partial charge on any atom is -0.466 e. The molecule has 0 bridgehead atoms. The van der Waals surface area contributed by atoms with Crippen molar-refractivity contribution in [1.82, 2.24) is 0 Å². The molecule has 0 aliphatic carbocycles. The van der Waals surface area contributed by atoms with Gasteiger partial charge in [-0.1, -0.05) is 43.7 Å². The summed E-state index contributed by atoms with van der Waals surface area (Å²) in [6.07, 6.45) is 1.45. The van der Waals surface area contributed by atoms with E-state index in [9.17, 15) is 9.36 Å². The summed E-state index contributed by atoms with van der Waals surface area (Å²) in [5.41, 5.74) is 0.452. The molecule has 0 fully saturated rings. The van der Waals surface area contributed by atoms with E-state index in [4.69, 9.17) is 9.47 Å². The first-order chi connectivity index (χ1) is 13.1. The van der Waals surface area contributed by atoms with Gasteiger partial charge in [0.1, 0.15) is 13.6 Å². The summed E-state index contributed by atoms with van der Waals surface area (Å²) < 4.78 is 24.0. The van der Waals surface area contributed by atoms with E-state index < -0.39 is 19.6 Å². The number of carbonyl (C=O) groups is 1. The van der Waals surface area contributed by atoms with Crippen molar-refractivity contribution in [3.63, 3.8) is 0 Å². The summed E-state index contributed by atoms with van der Waals surface area (Å²) in [6, 6.07) is 14.4. The molecule has 0 spiro atoms. The molecule has 0 heterocycles. The molecule has 0 saturated heterocycles. The summed E-state index contributed by atoms with van der Waals surface area (Å²) in [4.78, 5) is 13.4. The first-order valence-electron chi connectivity index (χ1n) is 9.53. The van der Waals surface area contributed by atoms with Gasteiger partial charge >= 0.3 is 5.97 Å². The number of thioether (sulfide) groups is 1. The van der Waals surface area contributed by atoms with E-state index in [-0.39, 0.29) is 5.97 Å². The van der Waals surface area contributed by atoms with Crippen molar-refractivity contribution in [1.29, 1.82) is 0 Å². The van der Waals surface area contributed by atoms with Crippen LogP contribution in [0.2, 0.25) is 0 Å². The molecule has 0 saturated carbocycles. The van der Waals surface area contributed by atoms with Crippen LogP contribution in [0.4, 0.5) is 0 Å². The highest BCUT2D eigenvalue weighted by molar-refractivity contribution is 8.03. The van der Waals surface area contributed by atoms with E-state index in [0.717, 1.165) is 11.3 Å². The van der Waals surface area contributed by atoms with Gasteiger partial charge in [-0.05, 0) is 43.2 Å². The van der Waals surface area contributed by atoms with E-state index in [1.165, 1.54) is 10.8 Å².